The number of carbonyl (C=O) groups excluding carboxylic acids is 1. The van der Waals surface area contributed by atoms with Gasteiger partial charge in [-0.25, -0.2) is 0 Å². The lowest BCUT2D eigenvalue weighted by Crippen LogP contribution is -1.98. The van der Waals surface area contributed by atoms with Gasteiger partial charge in [-0.15, -0.1) is 0 Å². The van der Waals surface area contributed by atoms with Crippen molar-refractivity contribution in [2.75, 3.05) is 5.32 Å². The maximum atomic E-state index is 12.1. The molecule has 0 fully saturated rings. The van der Waals surface area contributed by atoms with Crippen LogP contribution in [0.25, 0.3) is 0 Å². The molecule has 0 heterocycles. The van der Waals surface area contributed by atoms with Crippen molar-refractivity contribution >= 4 is 34.7 Å². The van der Waals surface area contributed by atoms with Gasteiger partial charge in [0.25, 0.3) is 0 Å². The smallest absolute Gasteiger partial charge is 0.188 e. The van der Waals surface area contributed by atoms with Crippen LogP contribution in [-0.4, -0.2) is 5.78 Å². The lowest BCUT2D eigenvalue weighted by Gasteiger charge is -2.06. The van der Waals surface area contributed by atoms with E-state index in [-0.39, 0.29) is 5.78 Å². The number of allylic oxidation sites excluding steroid dienone is 1. The topological polar surface area (TPSA) is 29.1 Å². The maximum Gasteiger partial charge on any atom is 0.188 e. The van der Waals surface area contributed by atoms with Crippen LogP contribution in [-0.2, 0) is 0 Å². The van der Waals surface area contributed by atoms with Gasteiger partial charge >= 0.3 is 0 Å². The largest absolute Gasteiger partial charge is 0.361 e. The summed E-state index contributed by atoms with van der Waals surface area (Å²) >= 11 is 11.8. The van der Waals surface area contributed by atoms with Crippen LogP contribution in [0, 0.1) is 13.8 Å². The van der Waals surface area contributed by atoms with Gasteiger partial charge in [0.2, 0.25) is 0 Å². The molecule has 2 aromatic rings. The number of hydrogen-bond donors (Lipinski definition) is 1. The highest BCUT2D eigenvalue weighted by Gasteiger charge is 2.07. The predicted octanol–water partition coefficient (Wildman–Crippen LogP) is 5.42. The van der Waals surface area contributed by atoms with Crippen LogP contribution in [0.2, 0.25) is 10.0 Å². The summed E-state index contributed by atoms with van der Waals surface area (Å²) in [6, 6.07) is 10.9. The monoisotopic (exact) mass is 319 g/mol. The molecule has 21 heavy (non-hydrogen) atoms. The molecule has 0 bridgehead atoms. The van der Waals surface area contributed by atoms with Crippen molar-refractivity contribution in [2.45, 2.75) is 13.8 Å². The molecule has 108 valence electrons. The summed E-state index contributed by atoms with van der Waals surface area (Å²) in [6.07, 6.45) is 3.07. The summed E-state index contributed by atoms with van der Waals surface area (Å²) in [7, 11) is 0. The molecule has 0 aliphatic rings. The Bertz CT molecular complexity index is 708. The summed E-state index contributed by atoms with van der Waals surface area (Å²) < 4.78 is 0. The molecule has 0 saturated carbocycles. The molecular weight excluding hydrogens is 305 g/mol. The van der Waals surface area contributed by atoms with Gasteiger partial charge in [-0.2, -0.15) is 0 Å². The van der Waals surface area contributed by atoms with Gasteiger partial charge in [-0.1, -0.05) is 40.9 Å². The van der Waals surface area contributed by atoms with E-state index in [0.29, 0.717) is 15.6 Å². The number of aryl methyl sites for hydroxylation is 2. The van der Waals surface area contributed by atoms with E-state index in [9.17, 15) is 4.79 Å². The van der Waals surface area contributed by atoms with Gasteiger partial charge in [0.05, 0.1) is 5.02 Å². The van der Waals surface area contributed by atoms with Gasteiger partial charge in [0.1, 0.15) is 0 Å². The minimum Gasteiger partial charge on any atom is -0.361 e. The molecule has 0 saturated heterocycles. The van der Waals surface area contributed by atoms with Crippen molar-refractivity contribution in [1.29, 1.82) is 0 Å². The third-order valence-electron chi connectivity index (χ3n) is 3.05. The summed E-state index contributed by atoms with van der Waals surface area (Å²) in [5.41, 5.74) is 3.72. The van der Waals surface area contributed by atoms with E-state index in [2.05, 4.69) is 11.4 Å². The van der Waals surface area contributed by atoms with Crippen LogP contribution in [0.3, 0.4) is 0 Å². The van der Waals surface area contributed by atoms with Crippen molar-refractivity contribution in [2.24, 2.45) is 0 Å². The molecule has 2 rings (SSSR count). The van der Waals surface area contributed by atoms with Crippen molar-refractivity contribution in [3.63, 3.8) is 0 Å². The molecule has 2 nitrogen and oxygen atoms in total. The quantitative estimate of drug-likeness (QED) is 0.602. The predicted molar refractivity (Wildman–Crippen MR) is 89.5 cm³/mol. The fraction of sp³-hybridized carbons (Fsp3) is 0.118. The third-order valence-corrected chi connectivity index (χ3v) is 3.60. The Morgan fingerprint density at radius 2 is 1.86 bits per heavy atom. The van der Waals surface area contributed by atoms with Crippen LogP contribution < -0.4 is 5.32 Å². The molecule has 0 atom stereocenters. The first kappa shape index (κ1) is 15.6. The normalized spacial score (nSPS) is 10.9. The van der Waals surface area contributed by atoms with Gasteiger partial charge in [0, 0.05) is 28.5 Å². The van der Waals surface area contributed by atoms with Crippen LogP contribution in [0.1, 0.15) is 21.5 Å². The third kappa shape index (κ3) is 4.10. The first-order valence-corrected chi connectivity index (χ1v) is 7.22. The van der Waals surface area contributed by atoms with Gasteiger partial charge in [-0.3, -0.25) is 4.79 Å². The zero-order chi connectivity index (χ0) is 15.4. The number of benzene rings is 2. The second kappa shape index (κ2) is 6.79. The first-order valence-electron chi connectivity index (χ1n) is 6.47. The minimum atomic E-state index is -0.172. The Hall–Kier alpha value is -1.77. The van der Waals surface area contributed by atoms with Gasteiger partial charge in [0.15, 0.2) is 5.78 Å². The Labute approximate surface area is 134 Å². The molecule has 2 aromatic carbocycles. The zero-order valence-corrected chi connectivity index (χ0v) is 13.3. The summed E-state index contributed by atoms with van der Waals surface area (Å²) in [4.78, 5) is 12.1. The van der Waals surface area contributed by atoms with E-state index < -0.39 is 0 Å². The second-order valence-electron chi connectivity index (χ2n) is 4.78. The molecule has 0 spiro atoms. The number of rotatable bonds is 4. The minimum absolute atomic E-state index is 0.172. The van der Waals surface area contributed by atoms with Gasteiger partial charge < -0.3 is 5.32 Å². The number of anilines is 1. The highest BCUT2D eigenvalue weighted by molar-refractivity contribution is 6.37. The average molecular weight is 320 g/mol. The van der Waals surface area contributed by atoms with Crippen LogP contribution in [0.4, 0.5) is 5.69 Å². The number of nitrogens with one attached hydrogen (secondary N) is 1. The summed E-state index contributed by atoms with van der Waals surface area (Å²) in [6.45, 7) is 4.06. The van der Waals surface area contributed by atoms with Crippen molar-refractivity contribution in [3.05, 3.63) is 75.4 Å². The highest BCUT2D eigenvalue weighted by Crippen LogP contribution is 2.22. The van der Waals surface area contributed by atoms with Crippen molar-refractivity contribution in [1.82, 2.24) is 0 Å². The fourth-order valence-corrected chi connectivity index (χ4v) is 2.46. The molecule has 0 radical (unpaired) electrons. The Morgan fingerprint density at radius 3 is 2.52 bits per heavy atom. The summed E-state index contributed by atoms with van der Waals surface area (Å²) in [5.74, 6) is -0.172. The lowest BCUT2D eigenvalue weighted by atomic mass is 10.1. The Morgan fingerprint density at radius 1 is 1.10 bits per heavy atom. The van der Waals surface area contributed by atoms with Gasteiger partial charge in [-0.05, 0) is 43.7 Å². The van der Waals surface area contributed by atoms with E-state index in [1.807, 2.05) is 26.0 Å². The van der Waals surface area contributed by atoms with Crippen molar-refractivity contribution < 1.29 is 4.79 Å². The van der Waals surface area contributed by atoms with E-state index in [4.69, 9.17) is 23.2 Å². The Balaban J connectivity index is 2.08. The number of halogens is 2. The molecule has 0 aliphatic carbocycles. The fourth-order valence-electron chi connectivity index (χ4n) is 1.96. The zero-order valence-electron chi connectivity index (χ0n) is 11.8. The van der Waals surface area contributed by atoms with Crippen LogP contribution in [0.5, 0.6) is 0 Å². The number of ketones is 1. The van der Waals surface area contributed by atoms with E-state index >= 15 is 0 Å². The Kier molecular flexibility index (Phi) is 5.05. The molecular formula is C17H15Cl2NO. The first-order chi connectivity index (χ1) is 9.97. The molecule has 0 unspecified atom stereocenters. The van der Waals surface area contributed by atoms with Crippen LogP contribution >= 0.6 is 23.2 Å². The average Bonchev–Trinajstić information content (AvgIpc) is 2.41. The molecule has 0 amide bonds. The molecule has 0 aromatic heterocycles. The van der Waals surface area contributed by atoms with E-state index in [0.717, 1.165) is 11.3 Å². The van der Waals surface area contributed by atoms with E-state index in [1.54, 1.807) is 24.4 Å². The van der Waals surface area contributed by atoms with E-state index in [1.165, 1.54) is 11.6 Å². The lowest BCUT2D eigenvalue weighted by molar-refractivity contribution is 0.104. The molecule has 1 N–H and O–H groups in total. The number of carbonyl (C=O) groups is 1. The van der Waals surface area contributed by atoms with Crippen LogP contribution in [0.15, 0.2) is 48.7 Å². The highest BCUT2D eigenvalue weighted by atomic mass is 35.5. The number of hydrogen-bond acceptors (Lipinski definition) is 2. The standard InChI is InChI=1S/C17H15Cl2NO/c1-11-3-6-16(12(2)9-11)20-8-7-17(21)14-5-4-13(18)10-15(14)19/h3-10,20H,1-2H3. The molecule has 4 heteroatoms. The second-order valence-corrected chi connectivity index (χ2v) is 5.63. The summed E-state index contributed by atoms with van der Waals surface area (Å²) in [5, 5.41) is 3.96. The SMILES string of the molecule is Cc1ccc(NC=CC(=O)c2ccc(Cl)cc2Cl)c(C)c1. The maximum absolute atomic E-state index is 12.1. The molecule has 0 aliphatic heterocycles. The van der Waals surface area contributed by atoms with Crippen molar-refractivity contribution in [3.8, 4) is 0 Å².